The topological polar surface area (TPSA) is 76.7 Å². The number of hydrogen-bond donors (Lipinski definition) is 2. The van der Waals surface area contributed by atoms with Gasteiger partial charge in [0.25, 0.3) is 0 Å². The molecule has 3 rings (SSSR count). The second kappa shape index (κ2) is 6.17. The highest BCUT2D eigenvalue weighted by molar-refractivity contribution is 5.68. The lowest BCUT2D eigenvalue weighted by molar-refractivity contribution is 0.626. The number of nitrogen functional groups attached to an aromatic ring is 1. The minimum absolute atomic E-state index is 0.259. The third kappa shape index (κ3) is 3.17. The Balaban J connectivity index is 1.79. The van der Waals surface area contributed by atoms with Gasteiger partial charge in [-0.05, 0) is 35.9 Å². The lowest BCUT2D eigenvalue weighted by atomic mass is 10.2. The van der Waals surface area contributed by atoms with Gasteiger partial charge in [0.05, 0.1) is 5.56 Å². The van der Waals surface area contributed by atoms with Crippen LogP contribution in [0.25, 0.3) is 11.4 Å². The molecule has 0 spiro atoms. The van der Waals surface area contributed by atoms with Crippen molar-refractivity contribution in [1.82, 2.24) is 15.0 Å². The maximum atomic E-state index is 13.1. The van der Waals surface area contributed by atoms with Crippen molar-refractivity contribution in [3.63, 3.8) is 0 Å². The molecule has 0 aliphatic carbocycles. The fourth-order valence-corrected chi connectivity index (χ4v) is 2.03. The monoisotopic (exact) mass is 295 g/mol. The van der Waals surface area contributed by atoms with Gasteiger partial charge < -0.3 is 11.1 Å². The quantitative estimate of drug-likeness (QED) is 0.774. The van der Waals surface area contributed by atoms with Crippen molar-refractivity contribution in [3.05, 3.63) is 66.2 Å². The van der Waals surface area contributed by atoms with Crippen LogP contribution >= 0.6 is 0 Å². The van der Waals surface area contributed by atoms with E-state index in [1.54, 1.807) is 30.6 Å². The summed E-state index contributed by atoms with van der Waals surface area (Å²) >= 11 is 0. The SMILES string of the molecule is Nc1ncccc1-c1nccc(NCc2cccc(F)c2)n1. The van der Waals surface area contributed by atoms with E-state index < -0.39 is 0 Å². The summed E-state index contributed by atoms with van der Waals surface area (Å²) in [5.41, 5.74) is 7.34. The van der Waals surface area contributed by atoms with Gasteiger partial charge in [0.2, 0.25) is 0 Å². The van der Waals surface area contributed by atoms with Crippen LogP contribution in [0.4, 0.5) is 16.0 Å². The van der Waals surface area contributed by atoms with Crippen LogP contribution in [0.1, 0.15) is 5.56 Å². The third-order valence-corrected chi connectivity index (χ3v) is 3.10. The number of benzene rings is 1. The Morgan fingerprint density at radius 3 is 2.77 bits per heavy atom. The first-order valence-corrected chi connectivity index (χ1v) is 6.74. The van der Waals surface area contributed by atoms with Crippen molar-refractivity contribution in [1.29, 1.82) is 0 Å². The standard InChI is InChI=1S/C16H14FN5/c17-12-4-1-3-11(9-12)10-21-14-6-8-20-16(22-14)13-5-2-7-19-15(13)18/h1-9H,10H2,(H2,18,19)(H,20,21,22). The van der Waals surface area contributed by atoms with Crippen molar-refractivity contribution in [2.24, 2.45) is 0 Å². The molecule has 6 heteroatoms. The average Bonchev–Trinajstić information content (AvgIpc) is 2.54. The summed E-state index contributed by atoms with van der Waals surface area (Å²) in [5.74, 6) is 1.25. The van der Waals surface area contributed by atoms with Crippen LogP contribution in [-0.4, -0.2) is 15.0 Å². The molecule has 22 heavy (non-hydrogen) atoms. The van der Waals surface area contributed by atoms with Crippen molar-refractivity contribution in [3.8, 4) is 11.4 Å². The number of nitrogens with one attached hydrogen (secondary N) is 1. The van der Waals surface area contributed by atoms with Crippen molar-refractivity contribution in [2.75, 3.05) is 11.1 Å². The highest BCUT2D eigenvalue weighted by Gasteiger charge is 2.07. The average molecular weight is 295 g/mol. The summed E-state index contributed by atoms with van der Waals surface area (Å²) < 4.78 is 13.1. The van der Waals surface area contributed by atoms with Gasteiger partial charge in [0, 0.05) is 18.9 Å². The van der Waals surface area contributed by atoms with E-state index in [0.29, 0.717) is 29.6 Å². The molecule has 2 heterocycles. The fourth-order valence-electron chi connectivity index (χ4n) is 2.03. The first kappa shape index (κ1) is 13.9. The molecule has 3 aromatic rings. The van der Waals surface area contributed by atoms with E-state index in [1.807, 2.05) is 12.1 Å². The van der Waals surface area contributed by atoms with E-state index in [0.717, 1.165) is 5.56 Å². The van der Waals surface area contributed by atoms with E-state index in [-0.39, 0.29) is 5.82 Å². The summed E-state index contributed by atoms with van der Waals surface area (Å²) in [4.78, 5) is 12.6. The van der Waals surface area contributed by atoms with Crippen LogP contribution in [-0.2, 0) is 6.54 Å². The molecule has 0 radical (unpaired) electrons. The molecule has 5 nitrogen and oxygen atoms in total. The second-order valence-electron chi connectivity index (χ2n) is 4.69. The molecule has 1 aromatic carbocycles. The Morgan fingerprint density at radius 1 is 1.05 bits per heavy atom. The molecule has 0 amide bonds. The van der Waals surface area contributed by atoms with Gasteiger partial charge in [-0.2, -0.15) is 0 Å². The normalized spacial score (nSPS) is 10.4. The van der Waals surface area contributed by atoms with Crippen LogP contribution in [0.2, 0.25) is 0 Å². The smallest absolute Gasteiger partial charge is 0.165 e. The Labute approximate surface area is 127 Å². The predicted octanol–water partition coefficient (Wildman–Crippen LogP) is 2.87. The maximum absolute atomic E-state index is 13.1. The van der Waals surface area contributed by atoms with Gasteiger partial charge in [0.1, 0.15) is 17.5 Å². The van der Waals surface area contributed by atoms with Crippen molar-refractivity contribution in [2.45, 2.75) is 6.54 Å². The molecule has 0 atom stereocenters. The van der Waals surface area contributed by atoms with Gasteiger partial charge in [-0.3, -0.25) is 0 Å². The summed E-state index contributed by atoms with van der Waals surface area (Å²) in [6.45, 7) is 0.469. The number of halogens is 1. The number of pyridine rings is 1. The molecule has 110 valence electrons. The summed E-state index contributed by atoms with van der Waals surface area (Å²) in [7, 11) is 0. The van der Waals surface area contributed by atoms with Gasteiger partial charge in [-0.1, -0.05) is 12.1 Å². The number of nitrogens with two attached hydrogens (primary N) is 1. The number of anilines is 2. The number of aromatic nitrogens is 3. The predicted molar refractivity (Wildman–Crippen MR) is 83.4 cm³/mol. The Morgan fingerprint density at radius 2 is 1.95 bits per heavy atom. The molecule has 0 bridgehead atoms. The van der Waals surface area contributed by atoms with Gasteiger partial charge in [0.15, 0.2) is 5.82 Å². The minimum Gasteiger partial charge on any atom is -0.383 e. The first-order chi connectivity index (χ1) is 10.7. The molecule has 2 aromatic heterocycles. The van der Waals surface area contributed by atoms with Gasteiger partial charge >= 0.3 is 0 Å². The van der Waals surface area contributed by atoms with Crippen LogP contribution in [0, 0.1) is 5.82 Å². The highest BCUT2D eigenvalue weighted by atomic mass is 19.1. The Hall–Kier alpha value is -3.02. The second-order valence-corrected chi connectivity index (χ2v) is 4.69. The van der Waals surface area contributed by atoms with Crippen LogP contribution in [0.5, 0.6) is 0 Å². The van der Waals surface area contributed by atoms with Crippen LogP contribution in [0.3, 0.4) is 0 Å². The third-order valence-electron chi connectivity index (χ3n) is 3.10. The lowest BCUT2D eigenvalue weighted by Crippen LogP contribution is -2.04. The molecular weight excluding hydrogens is 281 g/mol. The zero-order chi connectivity index (χ0) is 15.4. The molecule has 0 saturated heterocycles. The van der Waals surface area contributed by atoms with E-state index in [1.165, 1.54) is 12.1 Å². The minimum atomic E-state index is -0.259. The van der Waals surface area contributed by atoms with Crippen molar-refractivity contribution < 1.29 is 4.39 Å². The molecule has 0 aliphatic rings. The first-order valence-electron chi connectivity index (χ1n) is 6.74. The van der Waals surface area contributed by atoms with Gasteiger partial charge in [-0.15, -0.1) is 0 Å². The molecule has 0 unspecified atom stereocenters. The van der Waals surface area contributed by atoms with Crippen LogP contribution in [0.15, 0.2) is 54.9 Å². The zero-order valence-corrected chi connectivity index (χ0v) is 11.7. The molecular formula is C16H14FN5. The largest absolute Gasteiger partial charge is 0.383 e. The number of hydrogen-bond acceptors (Lipinski definition) is 5. The summed E-state index contributed by atoms with van der Waals surface area (Å²) in [6, 6.07) is 11.8. The van der Waals surface area contributed by atoms with Gasteiger partial charge in [-0.25, -0.2) is 19.3 Å². The Bertz CT molecular complexity index is 791. The Kier molecular flexibility index (Phi) is 3.91. The van der Waals surface area contributed by atoms with E-state index in [9.17, 15) is 4.39 Å². The molecule has 3 N–H and O–H groups in total. The maximum Gasteiger partial charge on any atom is 0.165 e. The molecule has 0 aliphatic heterocycles. The van der Waals surface area contributed by atoms with E-state index in [2.05, 4.69) is 20.3 Å². The zero-order valence-electron chi connectivity index (χ0n) is 11.7. The van der Waals surface area contributed by atoms with E-state index >= 15 is 0 Å². The molecule has 0 fully saturated rings. The van der Waals surface area contributed by atoms with E-state index in [4.69, 9.17) is 5.73 Å². The number of nitrogens with zero attached hydrogens (tertiary/aromatic N) is 3. The van der Waals surface area contributed by atoms with Crippen LogP contribution < -0.4 is 11.1 Å². The summed E-state index contributed by atoms with van der Waals surface area (Å²) in [5, 5.41) is 3.14. The summed E-state index contributed by atoms with van der Waals surface area (Å²) in [6.07, 6.45) is 3.26. The van der Waals surface area contributed by atoms with Crippen molar-refractivity contribution >= 4 is 11.6 Å². The highest BCUT2D eigenvalue weighted by Crippen LogP contribution is 2.20. The molecule has 0 saturated carbocycles. The fraction of sp³-hybridized carbons (Fsp3) is 0.0625. The lowest BCUT2D eigenvalue weighted by Gasteiger charge is -2.08. The number of rotatable bonds is 4.